The third-order valence-electron chi connectivity index (χ3n) is 6.49. The first kappa shape index (κ1) is 21.9. The SMILES string of the molecule is CCC(C1CN(c2cccc(Cl)c2)CCN1)N1CCN(Cc2ccccc2Cl)CC1. The lowest BCUT2D eigenvalue weighted by Crippen LogP contribution is -2.62. The molecule has 4 rings (SSSR count). The Kier molecular flexibility index (Phi) is 7.55. The fraction of sp³-hybridized carbons (Fsp3) is 0.500. The molecular weight excluding hydrogens is 415 g/mol. The molecule has 0 aromatic heterocycles. The van der Waals surface area contributed by atoms with E-state index in [0.29, 0.717) is 12.1 Å². The van der Waals surface area contributed by atoms with Gasteiger partial charge in [-0.15, -0.1) is 0 Å². The van der Waals surface area contributed by atoms with Crippen LogP contribution in [0.5, 0.6) is 0 Å². The first-order valence-electron chi connectivity index (χ1n) is 11.1. The number of rotatable bonds is 6. The number of halogens is 2. The van der Waals surface area contributed by atoms with E-state index in [2.05, 4.69) is 51.2 Å². The van der Waals surface area contributed by atoms with Crippen LogP contribution in [0.2, 0.25) is 10.0 Å². The van der Waals surface area contributed by atoms with Crippen LogP contribution < -0.4 is 10.2 Å². The third kappa shape index (κ3) is 5.30. The lowest BCUT2D eigenvalue weighted by atomic mass is 9.99. The molecule has 6 heteroatoms. The van der Waals surface area contributed by atoms with Gasteiger partial charge in [-0.05, 0) is 36.2 Å². The van der Waals surface area contributed by atoms with Gasteiger partial charge in [0.25, 0.3) is 0 Å². The number of anilines is 1. The number of piperazine rings is 2. The van der Waals surface area contributed by atoms with Crippen molar-refractivity contribution in [3.05, 3.63) is 64.1 Å². The molecule has 30 heavy (non-hydrogen) atoms. The highest BCUT2D eigenvalue weighted by Gasteiger charge is 2.32. The molecule has 2 fully saturated rings. The molecule has 0 spiro atoms. The van der Waals surface area contributed by atoms with Crippen molar-refractivity contribution in [2.75, 3.05) is 50.7 Å². The highest BCUT2D eigenvalue weighted by molar-refractivity contribution is 6.31. The molecule has 0 aliphatic carbocycles. The van der Waals surface area contributed by atoms with Crippen LogP contribution >= 0.6 is 23.2 Å². The molecule has 2 aliphatic heterocycles. The molecule has 1 N–H and O–H groups in total. The van der Waals surface area contributed by atoms with E-state index in [1.807, 2.05) is 24.3 Å². The van der Waals surface area contributed by atoms with E-state index in [0.717, 1.165) is 68.8 Å². The van der Waals surface area contributed by atoms with Crippen molar-refractivity contribution < 1.29 is 0 Å². The molecule has 0 radical (unpaired) electrons. The molecule has 2 heterocycles. The largest absolute Gasteiger partial charge is 0.369 e. The van der Waals surface area contributed by atoms with Crippen LogP contribution in [-0.2, 0) is 6.54 Å². The number of nitrogens with zero attached hydrogens (tertiary/aromatic N) is 3. The highest BCUT2D eigenvalue weighted by atomic mass is 35.5. The van der Waals surface area contributed by atoms with Gasteiger partial charge in [-0.2, -0.15) is 0 Å². The van der Waals surface area contributed by atoms with Crippen molar-refractivity contribution in [3.63, 3.8) is 0 Å². The van der Waals surface area contributed by atoms with E-state index < -0.39 is 0 Å². The summed E-state index contributed by atoms with van der Waals surface area (Å²) in [4.78, 5) is 7.68. The molecule has 0 saturated carbocycles. The molecule has 2 saturated heterocycles. The van der Waals surface area contributed by atoms with Crippen LogP contribution in [0.3, 0.4) is 0 Å². The van der Waals surface area contributed by atoms with Crippen LogP contribution in [0.1, 0.15) is 18.9 Å². The summed E-state index contributed by atoms with van der Waals surface area (Å²) in [6.45, 7) is 10.7. The van der Waals surface area contributed by atoms with Crippen LogP contribution in [0, 0.1) is 0 Å². The second-order valence-electron chi connectivity index (χ2n) is 8.37. The van der Waals surface area contributed by atoms with Crippen molar-refractivity contribution in [2.45, 2.75) is 32.0 Å². The van der Waals surface area contributed by atoms with Gasteiger partial charge in [0.1, 0.15) is 0 Å². The van der Waals surface area contributed by atoms with Crippen molar-refractivity contribution in [1.82, 2.24) is 15.1 Å². The average molecular weight is 447 g/mol. The molecule has 4 nitrogen and oxygen atoms in total. The van der Waals surface area contributed by atoms with Gasteiger partial charge in [-0.1, -0.05) is 54.4 Å². The lowest BCUT2D eigenvalue weighted by molar-refractivity contribution is 0.0716. The van der Waals surface area contributed by atoms with Crippen molar-refractivity contribution >= 4 is 28.9 Å². The molecular formula is C24H32Cl2N4. The molecule has 2 unspecified atom stereocenters. The average Bonchev–Trinajstić information content (AvgIpc) is 2.77. The topological polar surface area (TPSA) is 21.8 Å². The lowest BCUT2D eigenvalue weighted by Gasteiger charge is -2.45. The number of benzene rings is 2. The Morgan fingerprint density at radius 3 is 2.53 bits per heavy atom. The predicted octanol–water partition coefficient (Wildman–Crippen LogP) is 4.37. The van der Waals surface area contributed by atoms with Gasteiger partial charge in [-0.25, -0.2) is 0 Å². The van der Waals surface area contributed by atoms with Gasteiger partial charge < -0.3 is 10.2 Å². The fourth-order valence-electron chi connectivity index (χ4n) is 4.86. The standard InChI is InChI=1S/C24H32Cl2N4/c1-2-24(23-18-30(11-10-27-23)21-8-5-7-20(25)16-21)29-14-12-28(13-15-29)17-19-6-3-4-9-22(19)26/h3-9,16,23-24,27H,2,10-15,17-18H2,1H3. The van der Waals surface area contributed by atoms with Crippen LogP contribution in [0.4, 0.5) is 5.69 Å². The highest BCUT2D eigenvalue weighted by Crippen LogP contribution is 2.24. The summed E-state index contributed by atoms with van der Waals surface area (Å²) in [5, 5.41) is 5.48. The minimum Gasteiger partial charge on any atom is -0.369 e. The smallest absolute Gasteiger partial charge is 0.0451 e. The zero-order valence-electron chi connectivity index (χ0n) is 17.7. The van der Waals surface area contributed by atoms with E-state index in [4.69, 9.17) is 23.2 Å². The first-order valence-corrected chi connectivity index (χ1v) is 11.8. The summed E-state index contributed by atoms with van der Waals surface area (Å²) < 4.78 is 0. The van der Waals surface area contributed by atoms with E-state index in [-0.39, 0.29) is 0 Å². The summed E-state index contributed by atoms with van der Waals surface area (Å²) in [6, 6.07) is 17.5. The van der Waals surface area contributed by atoms with Crippen molar-refractivity contribution in [2.24, 2.45) is 0 Å². The van der Waals surface area contributed by atoms with E-state index in [9.17, 15) is 0 Å². The second kappa shape index (κ2) is 10.3. The van der Waals surface area contributed by atoms with E-state index in [1.165, 1.54) is 11.3 Å². The Morgan fingerprint density at radius 2 is 1.80 bits per heavy atom. The Labute approximate surface area is 190 Å². The maximum atomic E-state index is 6.36. The summed E-state index contributed by atoms with van der Waals surface area (Å²) in [6.07, 6.45) is 1.16. The number of hydrogen-bond acceptors (Lipinski definition) is 4. The quantitative estimate of drug-likeness (QED) is 0.710. The monoisotopic (exact) mass is 446 g/mol. The number of hydrogen-bond donors (Lipinski definition) is 1. The van der Waals surface area contributed by atoms with Gasteiger partial charge in [0.2, 0.25) is 0 Å². The van der Waals surface area contributed by atoms with Crippen LogP contribution in [-0.4, -0.2) is 67.7 Å². The summed E-state index contributed by atoms with van der Waals surface area (Å²) >= 11 is 12.6. The Morgan fingerprint density at radius 1 is 1.00 bits per heavy atom. The summed E-state index contributed by atoms with van der Waals surface area (Å²) in [5.41, 5.74) is 2.46. The molecule has 0 amide bonds. The fourth-order valence-corrected chi connectivity index (χ4v) is 5.24. The third-order valence-corrected chi connectivity index (χ3v) is 7.09. The maximum absolute atomic E-state index is 6.36. The molecule has 2 aliphatic rings. The summed E-state index contributed by atoms with van der Waals surface area (Å²) in [7, 11) is 0. The predicted molar refractivity (Wildman–Crippen MR) is 128 cm³/mol. The number of nitrogens with one attached hydrogen (secondary N) is 1. The summed E-state index contributed by atoms with van der Waals surface area (Å²) in [5.74, 6) is 0. The minimum atomic E-state index is 0.470. The molecule has 162 valence electrons. The second-order valence-corrected chi connectivity index (χ2v) is 9.21. The molecule has 2 aromatic rings. The zero-order chi connectivity index (χ0) is 20.9. The first-order chi connectivity index (χ1) is 14.6. The van der Waals surface area contributed by atoms with Gasteiger partial charge in [-0.3, -0.25) is 9.80 Å². The minimum absolute atomic E-state index is 0.470. The van der Waals surface area contributed by atoms with Gasteiger partial charge in [0, 0.05) is 80.2 Å². The van der Waals surface area contributed by atoms with E-state index >= 15 is 0 Å². The zero-order valence-corrected chi connectivity index (χ0v) is 19.2. The molecule has 2 aromatic carbocycles. The Bertz CT molecular complexity index is 822. The van der Waals surface area contributed by atoms with Crippen LogP contribution in [0.15, 0.2) is 48.5 Å². The maximum Gasteiger partial charge on any atom is 0.0451 e. The van der Waals surface area contributed by atoms with Crippen molar-refractivity contribution in [1.29, 1.82) is 0 Å². The normalized spacial score (nSPS) is 22.2. The van der Waals surface area contributed by atoms with Crippen molar-refractivity contribution in [3.8, 4) is 0 Å². The van der Waals surface area contributed by atoms with Crippen LogP contribution in [0.25, 0.3) is 0 Å². The van der Waals surface area contributed by atoms with Gasteiger partial charge in [0.15, 0.2) is 0 Å². The molecule has 2 atom stereocenters. The van der Waals surface area contributed by atoms with E-state index in [1.54, 1.807) is 0 Å². The Balaban J connectivity index is 1.34. The Hall–Kier alpha value is -1.30. The molecule has 0 bridgehead atoms. The van der Waals surface area contributed by atoms with Gasteiger partial charge >= 0.3 is 0 Å². The van der Waals surface area contributed by atoms with Gasteiger partial charge in [0.05, 0.1) is 0 Å².